The molecule has 146 valence electrons. The van der Waals surface area contributed by atoms with Crippen molar-refractivity contribution in [3.05, 3.63) is 10.6 Å². The number of carboxylic acid groups (broad SMARTS) is 1. The average molecular weight is 400 g/mol. The van der Waals surface area contributed by atoms with Gasteiger partial charge in [0.25, 0.3) is 0 Å². The van der Waals surface area contributed by atoms with Gasteiger partial charge in [0, 0.05) is 24.0 Å². The van der Waals surface area contributed by atoms with Crippen molar-refractivity contribution in [1.29, 1.82) is 0 Å². The summed E-state index contributed by atoms with van der Waals surface area (Å²) in [6.45, 7) is 11.9. The topological polar surface area (TPSA) is 76.1 Å². The summed E-state index contributed by atoms with van der Waals surface area (Å²) in [5, 5.41) is 9.56. The van der Waals surface area contributed by atoms with E-state index in [2.05, 4.69) is 33.9 Å². The fourth-order valence-corrected chi connectivity index (χ4v) is 6.19. The third kappa shape index (κ3) is 3.48. The van der Waals surface area contributed by atoms with E-state index >= 15 is 0 Å². The molecule has 3 aliphatic heterocycles. The van der Waals surface area contributed by atoms with Gasteiger partial charge in [-0.05, 0) is 31.4 Å². The Balaban J connectivity index is 1.84. The summed E-state index contributed by atoms with van der Waals surface area (Å²) in [7, 11) is -1.19. The van der Waals surface area contributed by atoms with Crippen LogP contribution in [-0.2, 0) is 18.8 Å². The molecule has 8 heteroatoms. The van der Waals surface area contributed by atoms with Gasteiger partial charge in [-0.1, -0.05) is 32.5 Å². The highest BCUT2D eigenvalue weighted by Crippen LogP contribution is 2.55. The molecule has 0 aromatic heterocycles. The van der Waals surface area contributed by atoms with Gasteiger partial charge in [-0.3, -0.25) is 9.69 Å². The Hall–Kier alpha value is -0.833. The molecule has 0 aliphatic carbocycles. The molecule has 0 bridgehead atoms. The standard InChI is InChI=1S/C18H29NO5SSi/c1-18(2,3)10(9-24-26(4)5)12-15(20)19-13(17(21)22)14(25-16(12)19)11-7-6-8-23-11/h10-12,16,26H,6-9H2,1-5H3,(H,21,22)/t10-,11-,12+,16-/m1/s1. The monoisotopic (exact) mass is 399 g/mol. The van der Waals surface area contributed by atoms with Gasteiger partial charge in [0.2, 0.25) is 5.91 Å². The minimum atomic E-state index is -1.19. The molecular formula is C18H29NO5SSi. The van der Waals surface area contributed by atoms with Crippen LogP contribution in [0.25, 0.3) is 0 Å². The van der Waals surface area contributed by atoms with Gasteiger partial charge in [-0.2, -0.15) is 0 Å². The first-order chi connectivity index (χ1) is 12.1. The summed E-state index contributed by atoms with van der Waals surface area (Å²) in [4.78, 5) is 27.0. The van der Waals surface area contributed by atoms with Crippen LogP contribution in [0, 0.1) is 17.3 Å². The number of aliphatic carboxylic acids is 1. The first-order valence-corrected chi connectivity index (χ1v) is 13.0. The normalized spacial score (nSPS) is 30.0. The minimum absolute atomic E-state index is 0.0672. The number of ether oxygens (including phenoxy) is 1. The predicted molar refractivity (Wildman–Crippen MR) is 103 cm³/mol. The second-order valence-corrected chi connectivity index (χ2v) is 12.2. The number of carboxylic acids is 1. The van der Waals surface area contributed by atoms with E-state index in [1.165, 1.54) is 16.7 Å². The van der Waals surface area contributed by atoms with Crippen LogP contribution in [0.5, 0.6) is 0 Å². The van der Waals surface area contributed by atoms with E-state index in [0.29, 0.717) is 13.2 Å². The molecule has 26 heavy (non-hydrogen) atoms. The summed E-state index contributed by atoms with van der Waals surface area (Å²) in [5.74, 6) is -1.25. The van der Waals surface area contributed by atoms with Crippen LogP contribution < -0.4 is 0 Å². The number of rotatable bonds is 6. The Morgan fingerprint density at radius 2 is 2.15 bits per heavy atom. The molecule has 2 saturated heterocycles. The van der Waals surface area contributed by atoms with Crippen LogP contribution in [0.3, 0.4) is 0 Å². The minimum Gasteiger partial charge on any atom is -0.477 e. The van der Waals surface area contributed by atoms with Crippen LogP contribution >= 0.6 is 11.8 Å². The number of β-lactam (4-membered cyclic amide) rings is 1. The van der Waals surface area contributed by atoms with Crippen LogP contribution in [0.15, 0.2) is 10.6 Å². The van der Waals surface area contributed by atoms with E-state index < -0.39 is 15.0 Å². The molecule has 6 nitrogen and oxygen atoms in total. The van der Waals surface area contributed by atoms with Crippen molar-refractivity contribution in [3.63, 3.8) is 0 Å². The van der Waals surface area contributed by atoms with Gasteiger partial charge in [0.15, 0.2) is 9.04 Å². The molecule has 0 unspecified atom stereocenters. The van der Waals surface area contributed by atoms with Gasteiger partial charge in [-0.25, -0.2) is 4.79 Å². The van der Waals surface area contributed by atoms with E-state index in [1.54, 1.807) is 0 Å². The van der Waals surface area contributed by atoms with Crippen molar-refractivity contribution in [3.8, 4) is 0 Å². The SMILES string of the molecule is C[SiH](C)OC[C@H]([C@H]1C(=O)N2C(C(=O)O)=C([C@H]3CCCO3)S[C@H]12)C(C)(C)C. The highest BCUT2D eigenvalue weighted by molar-refractivity contribution is 8.04. The number of hydrogen-bond donors (Lipinski definition) is 1. The molecule has 0 aromatic carbocycles. The van der Waals surface area contributed by atoms with Crippen LogP contribution in [-0.4, -0.2) is 55.6 Å². The summed E-state index contributed by atoms with van der Waals surface area (Å²) < 4.78 is 11.7. The number of nitrogens with zero attached hydrogens (tertiary/aromatic N) is 1. The maximum absolute atomic E-state index is 13.0. The van der Waals surface area contributed by atoms with E-state index in [0.717, 1.165) is 17.7 Å². The van der Waals surface area contributed by atoms with Gasteiger partial charge in [-0.15, -0.1) is 0 Å². The highest BCUT2D eigenvalue weighted by Gasteiger charge is 2.60. The third-order valence-electron chi connectivity index (χ3n) is 5.39. The molecule has 2 fully saturated rings. The molecule has 0 saturated carbocycles. The Bertz CT molecular complexity index is 624. The molecule has 0 spiro atoms. The molecule has 1 amide bonds. The third-order valence-corrected chi connectivity index (χ3v) is 7.70. The lowest BCUT2D eigenvalue weighted by molar-refractivity contribution is -0.158. The van der Waals surface area contributed by atoms with Crippen molar-refractivity contribution in [2.45, 2.75) is 58.2 Å². The van der Waals surface area contributed by atoms with E-state index in [1.807, 2.05) is 0 Å². The zero-order valence-corrected chi connectivity index (χ0v) is 18.1. The molecule has 0 radical (unpaired) electrons. The maximum Gasteiger partial charge on any atom is 0.353 e. The molecule has 3 aliphatic rings. The quantitative estimate of drug-likeness (QED) is 0.547. The average Bonchev–Trinajstić information content (AvgIpc) is 3.15. The van der Waals surface area contributed by atoms with E-state index in [9.17, 15) is 14.7 Å². The predicted octanol–water partition coefficient (Wildman–Crippen LogP) is 2.66. The lowest BCUT2D eigenvalue weighted by Crippen LogP contribution is -2.62. The van der Waals surface area contributed by atoms with Gasteiger partial charge < -0.3 is 14.3 Å². The van der Waals surface area contributed by atoms with Gasteiger partial charge in [0.1, 0.15) is 5.70 Å². The summed E-state index contributed by atoms with van der Waals surface area (Å²) in [6, 6.07) is 0. The lowest BCUT2D eigenvalue weighted by Gasteiger charge is -2.49. The number of thioether (sulfide) groups is 1. The summed E-state index contributed by atoms with van der Waals surface area (Å²) >= 11 is 1.52. The Labute approximate surface area is 161 Å². The molecule has 0 aromatic rings. The van der Waals surface area contributed by atoms with Crippen LogP contribution in [0.1, 0.15) is 33.6 Å². The fourth-order valence-electron chi connectivity index (χ4n) is 3.94. The molecule has 3 heterocycles. The molecular weight excluding hydrogens is 370 g/mol. The number of carbonyl (C=O) groups is 2. The van der Waals surface area contributed by atoms with Gasteiger partial charge in [0.05, 0.1) is 17.4 Å². The largest absolute Gasteiger partial charge is 0.477 e. The second-order valence-electron chi connectivity index (χ2n) is 8.62. The summed E-state index contributed by atoms with van der Waals surface area (Å²) in [6.07, 6.45) is 1.57. The van der Waals surface area contributed by atoms with Crippen molar-refractivity contribution in [2.24, 2.45) is 17.3 Å². The van der Waals surface area contributed by atoms with Crippen molar-refractivity contribution < 1.29 is 23.9 Å². The first kappa shape index (κ1) is 19.9. The van der Waals surface area contributed by atoms with Crippen molar-refractivity contribution >= 4 is 32.7 Å². The van der Waals surface area contributed by atoms with E-state index in [4.69, 9.17) is 9.16 Å². The molecule has 1 N–H and O–H groups in total. The smallest absolute Gasteiger partial charge is 0.353 e. The lowest BCUT2D eigenvalue weighted by atomic mass is 9.70. The van der Waals surface area contributed by atoms with E-state index in [-0.39, 0.29) is 40.3 Å². The Kier molecular flexibility index (Phi) is 5.59. The highest BCUT2D eigenvalue weighted by atomic mass is 32.2. The number of hydrogen-bond acceptors (Lipinski definition) is 5. The molecule has 3 rings (SSSR count). The second kappa shape index (κ2) is 7.29. The number of amides is 1. The molecule has 4 atom stereocenters. The zero-order valence-electron chi connectivity index (χ0n) is 16.2. The van der Waals surface area contributed by atoms with Crippen molar-refractivity contribution in [2.75, 3.05) is 13.2 Å². The zero-order chi connectivity index (χ0) is 19.2. The van der Waals surface area contributed by atoms with Crippen LogP contribution in [0.4, 0.5) is 0 Å². The Morgan fingerprint density at radius 3 is 2.65 bits per heavy atom. The summed E-state index contributed by atoms with van der Waals surface area (Å²) in [5.41, 5.74) is 0.0478. The Morgan fingerprint density at radius 1 is 1.46 bits per heavy atom. The van der Waals surface area contributed by atoms with Gasteiger partial charge >= 0.3 is 5.97 Å². The first-order valence-electron chi connectivity index (χ1n) is 9.33. The number of carbonyl (C=O) groups excluding carboxylic acids is 1. The number of fused-ring (bicyclic) bond motifs is 1. The maximum atomic E-state index is 13.0. The fraction of sp³-hybridized carbons (Fsp3) is 0.778. The van der Waals surface area contributed by atoms with Crippen molar-refractivity contribution in [1.82, 2.24) is 4.90 Å². The van der Waals surface area contributed by atoms with Crippen LogP contribution in [0.2, 0.25) is 13.1 Å².